The highest BCUT2D eigenvalue weighted by Gasteiger charge is 2.34. The zero-order valence-corrected chi connectivity index (χ0v) is 12.6. The fraction of sp³-hybridized carbons (Fsp3) is 0.400. The number of halogens is 6. The van der Waals surface area contributed by atoms with E-state index in [0.29, 0.717) is 12.5 Å². The van der Waals surface area contributed by atoms with Gasteiger partial charge in [-0.3, -0.25) is 4.79 Å². The number of anilines is 1. The molecule has 1 N–H and O–H groups in total. The Morgan fingerprint density at radius 1 is 1.08 bits per heavy atom. The molecule has 0 spiro atoms. The van der Waals surface area contributed by atoms with Crippen molar-refractivity contribution in [3.05, 3.63) is 40.2 Å². The minimum absolute atomic E-state index is 0.0132. The van der Waals surface area contributed by atoms with Crippen LogP contribution in [0.1, 0.15) is 18.9 Å². The molecule has 1 aromatic heterocycles. The maximum absolute atomic E-state index is 13.1. The van der Waals surface area contributed by atoms with Crippen LogP contribution < -0.4 is 10.5 Å². The van der Waals surface area contributed by atoms with Gasteiger partial charge in [0.05, 0.1) is 5.56 Å². The maximum atomic E-state index is 13.1. The van der Waals surface area contributed by atoms with Gasteiger partial charge in [0.15, 0.2) is 0 Å². The summed E-state index contributed by atoms with van der Waals surface area (Å²) in [5, 5.41) is -0.345. The normalized spacial score (nSPS) is 12.6. The predicted molar refractivity (Wildman–Crippen MR) is 78.1 cm³/mol. The van der Waals surface area contributed by atoms with Crippen LogP contribution in [0.3, 0.4) is 0 Å². The molecule has 0 atom stereocenters. The summed E-state index contributed by atoms with van der Waals surface area (Å²) in [6.45, 7) is 0.440. The lowest BCUT2D eigenvalue weighted by Crippen LogP contribution is -2.34. The Bertz CT molecular complexity index is 778. The van der Waals surface area contributed by atoms with Crippen LogP contribution in [0.4, 0.5) is 32.0 Å². The number of nitrogens with zero attached hydrogens (tertiary/aromatic N) is 1. The molecule has 1 heterocycles. The second-order valence-corrected chi connectivity index (χ2v) is 5.31. The first-order chi connectivity index (χ1) is 11.0. The highest BCUT2D eigenvalue weighted by atomic mass is 19.4. The highest BCUT2D eigenvalue weighted by Crippen LogP contribution is 2.35. The summed E-state index contributed by atoms with van der Waals surface area (Å²) in [5.41, 5.74) is -2.17. The standard InChI is InChI=1S/C15H14F6N2O/c1-2-5-23(8-14(16,17)18)9-3-4-12-10(6-9)11(15(19,20)21)7-13(24)22-12/h3-4,6-7H,2,5,8H2,1H3,(H,22,24). The third-order valence-electron chi connectivity index (χ3n) is 3.36. The quantitative estimate of drug-likeness (QED) is 0.832. The predicted octanol–water partition coefficient (Wildman–Crippen LogP) is 4.33. The summed E-state index contributed by atoms with van der Waals surface area (Å²) < 4.78 is 77.4. The lowest BCUT2D eigenvalue weighted by atomic mass is 10.1. The molecule has 0 fully saturated rings. The fourth-order valence-electron chi connectivity index (χ4n) is 2.46. The molecule has 0 saturated heterocycles. The number of benzene rings is 1. The zero-order chi connectivity index (χ0) is 18.1. The van der Waals surface area contributed by atoms with Crippen molar-refractivity contribution in [1.29, 1.82) is 0 Å². The van der Waals surface area contributed by atoms with Crippen LogP contribution in [0, 0.1) is 0 Å². The molecule has 9 heteroatoms. The number of alkyl halides is 6. The van der Waals surface area contributed by atoms with Crippen LogP contribution in [0.25, 0.3) is 10.9 Å². The van der Waals surface area contributed by atoms with Gasteiger partial charge in [-0.2, -0.15) is 26.3 Å². The molecule has 3 nitrogen and oxygen atoms in total. The van der Waals surface area contributed by atoms with Gasteiger partial charge in [-0.25, -0.2) is 0 Å². The van der Waals surface area contributed by atoms with E-state index in [1.165, 1.54) is 12.1 Å². The Morgan fingerprint density at radius 2 is 1.75 bits per heavy atom. The molecule has 1 aromatic carbocycles. The van der Waals surface area contributed by atoms with E-state index in [-0.39, 0.29) is 23.1 Å². The smallest absolute Gasteiger partial charge is 0.363 e. The summed E-state index contributed by atoms with van der Waals surface area (Å²) in [6, 6.07) is 3.87. The molecule has 0 aliphatic rings. The number of rotatable bonds is 4. The van der Waals surface area contributed by atoms with Crippen molar-refractivity contribution in [2.24, 2.45) is 0 Å². The molecular formula is C15H14F6N2O. The Kier molecular flexibility index (Phi) is 4.82. The van der Waals surface area contributed by atoms with Crippen molar-refractivity contribution < 1.29 is 26.3 Å². The second kappa shape index (κ2) is 6.37. The number of hydrogen-bond acceptors (Lipinski definition) is 2. The van der Waals surface area contributed by atoms with E-state index < -0.39 is 30.0 Å². The summed E-state index contributed by atoms with van der Waals surface area (Å²) in [6.07, 6.45) is -8.88. The van der Waals surface area contributed by atoms with E-state index in [1.807, 2.05) is 0 Å². The largest absolute Gasteiger partial charge is 0.417 e. The minimum Gasteiger partial charge on any atom is -0.363 e. The lowest BCUT2D eigenvalue weighted by Gasteiger charge is -2.26. The van der Waals surface area contributed by atoms with Crippen molar-refractivity contribution >= 4 is 16.6 Å². The van der Waals surface area contributed by atoms with E-state index in [9.17, 15) is 31.1 Å². The molecule has 0 aliphatic carbocycles. The molecule has 132 valence electrons. The van der Waals surface area contributed by atoms with Crippen molar-refractivity contribution in [2.75, 3.05) is 18.0 Å². The van der Waals surface area contributed by atoms with Crippen LogP contribution in [0.2, 0.25) is 0 Å². The van der Waals surface area contributed by atoms with Gasteiger partial charge in [-0.05, 0) is 24.6 Å². The summed E-state index contributed by atoms with van der Waals surface area (Å²) in [4.78, 5) is 14.6. The van der Waals surface area contributed by atoms with Crippen molar-refractivity contribution in [3.63, 3.8) is 0 Å². The Labute approximate surface area is 132 Å². The van der Waals surface area contributed by atoms with Gasteiger partial charge in [0.25, 0.3) is 0 Å². The maximum Gasteiger partial charge on any atom is 0.417 e. The first kappa shape index (κ1) is 18.2. The van der Waals surface area contributed by atoms with Gasteiger partial charge in [-0.1, -0.05) is 6.92 Å². The molecule has 0 saturated carbocycles. The number of pyridine rings is 1. The van der Waals surface area contributed by atoms with Crippen LogP contribution in [0.5, 0.6) is 0 Å². The van der Waals surface area contributed by atoms with E-state index in [1.54, 1.807) is 6.92 Å². The number of fused-ring (bicyclic) bond motifs is 1. The molecule has 0 radical (unpaired) electrons. The number of aromatic nitrogens is 1. The van der Waals surface area contributed by atoms with Crippen LogP contribution in [-0.4, -0.2) is 24.2 Å². The van der Waals surface area contributed by atoms with E-state index >= 15 is 0 Å². The summed E-state index contributed by atoms with van der Waals surface area (Å²) in [5.74, 6) is 0. The Morgan fingerprint density at radius 3 is 2.29 bits per heavy atom. The van der Waals surface area contributed by atoms with Crippen LogP contribution in [0.15, 0.2) is 29.1 Å². The van der Waals surface area contributed by atoms with Gasteiger partial charge < -0.3 is 9.88 Å². The second-order valence-electron chi connectivity index (χ2n) is 5.31. The minimum atomic E-state index is -4.79. The molecule has 0 bridgehead atoms. The Hall–Kier alpha value is -2.19. The van der Waals surface area contributed by atoms with Gasteiger partial charge >= 0.3 is 12.4 Å². The van der Waals surface area contributed by atoms with Gasteiger partial charge in [0, 0.05) is 29.2 Å². The van der Waals surface area contributed by atoms with E-state index in [2.05, 4.69) is 4.98 Å². The fourth-order valence-corrected chi connectivity index (χ4v) is 2.46. The number of aromatic amines is 1. The SMILES string of the molecule is CCCN(CC(F)(F)F)c1ccc2[nH]c(=O)cc(C(F)(F)F)c2c1. The third kappa shape index (κ3) is 4.21. The number of H-pyrrole nitrogens is 1. The first-order valence-electron chi connectivity index (χ1n) is 7.07. The first-order valence-corrected chi connectivity index (χ1v) is 7.07. The monoisotopic (exact) mass is 352 g/mol. The Balaban J connectivity index is 2.60. The number of hydrogen-bond donors (Lipinski definition) is 1. The van der Waals surface area contributed by atoms with Gasteiger partial charge in [-0.15, -0.1) is 0 Å². The molecular weight excluding hydrogens is 338 g/mol. The van der Waals surface area contributed by atoms with Crippen LogP contribution >= 0.6 is 0 Å². The van der Waals surface area contributed by atoms with Gasteiger partial charge in [0.1, 0.15) is 6.54 Å². The molecule has 0 aliphatic heterocycles. The van der Waals surface area contributed by atoms with Crippen molar-refractivity contribution in [2.45, 2.75) is 25.7 Å². The van der Waals surface area contributed by atoms with Crippen molar-refractivity contribution in [1.82, 2.24) is 4.98 Å². The topological polar surface area (TPSA) is 36.1 Å². The molecule has 0 amide bonds. The molecule has 24 heavy (non-hydrogen) atoms. The zero-order valence-electron chi connectivity index (χ0n) is 12.6. The van der Waals surface area contributed by atoms with Crippen LogP contribution in [-0.2, 0) is 6.18 Å². The molecule has 2 aromatic rings. The average molecular weight is 352 g/mol. The third-order valence-corrected chi connectivity index (χ3v) is 3.36. The summed E-state index contributed by atoms with van der Waals surface area (Å²) in [7, 11) is 0. The van der Waals surface area contributed by atoms with E-state index in [4.69, 9.17) is 0 Å². The highest BCUT2D eigenvalue weighted by molar-refractivity contribution is 5.86. The van der Waals surface area contributed by atoms with Gasteiger partial charge in [0.2, 0.25) is 5.56 Å². The van der Waals surface area contributed by atoms with E-state index in [0.717, 1.165) is 11.0 Å². The molecule has 2 rings (SSSR count). The lowest BCUT2D eigenvalue weighted by molar-refractivity contribution is -0.136. The molecule has 0 unspecified atom stereocenters. The average Bonchev–Trinajstić information content (AvgIpc) is 2.43. The summed E-state index contributed by atoms with van der Waals surface area (Å²) >= 11 is 0. The van der Waals surface area contributed by atoms with Crippen molar-refractivity contribution in [3.8, 4) is 0 Å². The number of nitrogens with one attached hydrogen (secondary N) is 1.